The van der Waals surface area contributed by atoms with E-state index in [1.54, 1.807) is 6.20 Å². The molecule has 0 aliphatic carbocycles. The highest BCUT2D eigenvalue weighted by molar-refractivity contribution is 7.80. The first-order valence-electron chi connectivity index (χ1n) is 24.8. The molecule has 0 aliphatic rings. The lowest BCUT2D eigenvalue weighted by Crippen LogP contribution is -2.61. The summed E-state index contributed by atoms with van der Waals surface area (Å²) in [5, 5.41) is 41.6. The summed E-state index contributed by atoms with van der Waals surface area (Å²) in [7, 11) is 0. The SMILES string of the molecule is C[C@H](NC(=O)[C@H](C)NC(=O)[C@H](Cc1cnc[nH]1)NC(=O)[C@H](CS)NC(=O)[C@H](CCCNC(N)=O)NC(=O)[C@H](CC(N)=O)NC(=O)[C@H](Cc1ccc(O)cc1)NC(=O)[C@@H](N)Cc1c[nH]c2ccccc12)C(=O)N[C@@H](CC(N)=O)C(=O)O. The number of aromatic hydroxyl groups is 1. The van der Waals surface area contributed by atoms with E-state index in [1.807, 2.05) is 24.3 Å². The summed E-state index contributed by atoms with van der Waals surface area (Å²) in [6.45, 7) is 2.33. The molecule has 2 aromatic carbocycles. The van der Waals surface area contributed by atoms with Gasteiger partial charge in [-0.05, 0) is 62.4 Å². The number of aromatic amines is 2. The normalized spacial score (nSPS) is 14.3. The molecule has 0 aliphatic heterocycles. The highest BCUT2D eigenvalue weighted by atomic mass is 32.1. The quantitative estimate of drug-likeness (QED) is 0.0161. The van der Waals surface area contributed by atoms with Crippen molar-refractivity contribution in [2.24, 2.45) is 22.9 Å². The molecule has 0 saturated heterocycles. The van der Waals surface area contributed by atoms with Gasteiger partial charge in [-0.1, -0.05) is 30.3 Å². The number of carboxylic acid groups (broad SMARTS) is 1. The monoisotopic (exact) mass is 1130 g/mol. The van der Waals surface area contributed by atoms with E-state index in [2.05, 4.69) is 75.4 Å². The number of aliphatic carboxylic acids is 1. The van der Waals surface area contributed by atoms with Crippen molar-refractivity contribution < 1.29 is 67.7 Å². The van der Waals surface area contributed by atoms with Crippen LogP contribution >= 0.6 is 12.6 Å². The van der Waals surface area contributed by atoms with Crippen LogP contribution in [0.5, 0.6) is 5.75 Å². The van der Waals surface area contributed by atoms with Crippen molar-refractivity contribution in [1.82, 2.24) is 62.8 Å². The van der Waals surface area contributed by atoms with Crippen LogP contribution in [0.2, 0.25) is 0 Å². The Kier molecular flexibility index (Phi) is 24.2. The number of nitrogens with two attached hydrogens (primary N) is 4. The zero-order valence-electron chi connectivity index (χ0n) is 43.4. The molecule has 0 saturated carbocycles. The molecule has 12 amide bonds. The van der Waals surface area contributed by atoms with Crippen LogP contribution in [0.3, 0.4) is 0 Å². The van der Waals surface area contributed by atoms with Gasteiger partial charge >= 0.3 is 12.0 Å². The van der Waals surface area contributed by atoms with E-state index in [1.165, 1.54) is 50.6 Å². The molecule has 9 atom stereocenters. The molecule has 432 valence electrons. The molecule has 31 heteroatoms. The molecule has 30 nitrogen and oxygen atoms in total. The summed E-state index contributed by atoms with van der Waals surface area (Å²) in [4.78, 5) is 166. The number of hydrogen-bond donors (Lipinski definition) is 18. The van der Waals surface area contributed by atoms with E-state index in [-0.39, 0.29) is 44.4 Å². The summed E-state index contributed by atoms with van der Waals surface area (Å²) in [5.41, 5.74) is 24.4. The minimum atomic E-state index is -1.79. The maximum absolute atomic E-state index is 14.2. The van der Waals surface area contributed by atoms with Crippen molar-refractivity contribution >= 4 is 94.6 Å². The Morgan fingerprint density at radius 3 is 1.73 bits per heavy atom. The van der Waals surface area contributed by atoms with E-state index >= 15 is 0 Å². The Labute approximate surface area is 462 Å². The fourth-order valence-electron chi connectivity index (χ4n) is 7.77. The number of amides is 12. The number of nitrogens with one attached hydrogen (secondary N) is 11. The van der Waals surface area contributed by atoms with E-state index in [0.717, 1.165) is 16.5 Å². The van der Waals surface area contributed by atoms with Gasteiger partial charge < -0.3 is 91.0 Å². The smallest absolute Gasteiger partial charge is 0.326 e. The lowest BCUT2D eigenvalue weighted by Gasteiger charge is -2.27. The summed E-state index contributed by atoms with van der Waals surface area (Å²) in [6.07, 6.45) is 2.08. The number of nitrogens with zero attached hydrogens (tertiary/aromatic N) is 1. The lowest BCUT2D eigenvalue weighted by atomic mass is 10.0. The highest BCUT2D eigenvalue weighted by Gasteiger charge is 2.35. The second-order valence-corrected chi connectivity index (χ2v) is 18.8. The van der Waals surface area contributed by atoms with Gasteiger partial charge in [-0.2, -0.15) is 12.6 Å². The van der Waals surface area contributed by atoms with Crippen LogP contribution in [0.1, 0.15) is 56.4 Å². The Hall–Kier alpha value is -9.26. The second kappa shape index (κ2) is 30.6. The zero-order valence-corrected chi connectivity index (χ0v) is 44.3. The average Bonchev–Trinajstić information content (AvgIpc) is 4.08. The lowest BCUT2D eigenvalue weighted by molar-refractivity contribution is -0.143. The fourth-order valence-corrected chi connectivity index (χ4v) is 8.03. The van der Waals surface area contributed by atoms with Gasteiger partial charge in [-0.15, -0.1) is 0 Å². The number of urea groups is 1. The predicted octanol–water partition coefficient (Wildman–Crippen LogP) is -4.92. The summed E-state index contributed by atoms with van der Waals surface area (Å²) in [6, 6.07) is -1.41. The number of thiol groups is 1. The molecular formula is C49H66N16O14S. The first-order chi connectivity index (χ1) is 37.8. The number of carbonyl (C=O) groups excluding carboxylic acids is 11. The van der Waals surface area contributed by atoms with Gasteiger partial charge in [0.2, 0.25) is 59.1 Å². The Bertz CT molecular complexity index is 2870. The van der Waals surface area contributed by atoms with Gasteiger partial charge in [-0.25, -0.2) is 14.6 Å². The molecule has 0 spiro atoms. The number of para-hydroxylation sites is 1. The van der Waals surface area contributed by atoms with Crippen molar-refractivity contribution in [3.8, 4) is 5.75 Å². The maximum atomic E-state index is 14.2. The third-order valence-electron chi connectivity index (χ3n) is 12.1. The third-order valence-corrected chi connectivity index (χ3v) is 12.4. The van der Waals surface area contributed by atoms with Crippen molar-refractivity contribution in [3.63, 3.8) is 0 Å². The summed E-state index contributed by atoms with van der Waals surface area (Å²) in [5.74, 6) is -11.9. The van der Waals surface area contributed by atoms with Gasteiger partial charge in [0, 0.05) is 54.1 Å². The molecular weight excluding hydrogens is 1070 g/mol. The molecule has 0 bridgehead atoms. The minimum absolute atomic E-state index is 0.0226. The number of H-pyrrole nitrogens is 2. The Morgan fingerprint density at radius 2 is 1.11 bits per heavy atom. The van der Waals surface area contributed by atoms with Crippen molar-refractivity contribution in [2.75, 3.05) is 12.3 Å². The summed E-state index contributed by atoms with van der Waals surface area (Å²) < 4.78 is 0. The van der Waals surface area contributed by atoms with Gasteiger partial charge in [-0.3, -0.25) is 47.9 Å². The van der Waals surface area contributed by atoms with Crippen LogP contribution in [-0.4, -0.2) is 163 Å². The number of carboxylic acids is 1. The number of fused-ring (bicyclic) bond motifs is 1. The molecule has 4 aromatic rings. The average molecular weight is 1140 g/mol. The number of phenolic OH excluding ortho intramolecular Hbond substituents is 1. The van der Waals surface area contributed by atoms with E-state index in [9.17, 15) is 67.7 Å². The molecule has 80 heavy (non-hydrogen) atoms. The van der Waals surface area contributed by atoms with Crippen LogP contribution in [0.15, 0.2) is 67.3 Å². The topological polar surface area (TPSA) is 502 Å². The van der Waals surface area contributed by atoms with Gasteiger partial charge in [0.1, 0.15) is 54.1 Å². The van der Waals surface area contributed by atoms with Crippen molar-refractivity contribution in [3.05, 3.63) is 84.1 Å². The number of primary amides is 3. The molecule has 21 N–H and O–H groups in total. The van der Waals surface area contributed by atoms with Crippen LogP contribution in [0.25, 0.3) is 10.9 Å². The highest BCUT2D eigenvalue weighted by Crippen LogP contribution is 2.19. The van der Waals surface area contributed by atoms with Gasteiger partial charge in [0.25, 0.3) is 0 Å². The number of hydrogen-bond acceptors (Lipinski definition) is 16. The van der Waals surface area contributed by atoms with E-state index < -0.39 is 144 Å². The van der Waals surface area contributed by atoms with Crippen molar-refractivity contribution in [1.29, 1.82) is 0 Å². The number of benzene rings is 2. The number of imidazole rings is 1. The largest absolute Gasteiger partial charge is 0.508 e. The maximum Gasteiger partial charge on any atom is 0.326 e. The number of rotatable bonds is 32. The van der Waals surface area contributed by atoms with Crippen LogP contribution in [0.4, 0.5) is 4.79 Å². The molecule has 4 rings (SSSR count). The van der Waals surface area contributed by atoms with Crippen LogP contribution in [-0.2, 0) is 72.0 Å². The standard InChI is InChI=1S/C49H66N16O14S/c1-23(40(69)58-24(2)41(70)64-36(48(77)78)18-39(52)68)59-44(73)34(16-27-20-54-22-57-27)62-47(76)37(21-80)65-43(72)32(8-5-13-55-49(53)79)60-46(75)35(17-38(51)67)63-45(74)33(14-25-9-11-28(66)12-10-25)61-42(71)30(50)15-26-19-56-31-7-4-3-6-29(26)31/h3-4,6-7,9-12,19-20,22-24,30,32-37,56,66,80H,5,8,13-18,21,50H2,1-2H3,(H2,51,67)(H2,52,68)(H,54,57)(H,58,69)(H,59,73)(H,60,75)(H,61,71)(H,62,76)(H,63,74)(H,64,70)(H,65,72)(H,77,78)(H3,53,55,79)/t23-,24-,30-,32-,33-,34-,35-,36-,37-/m0/s1. The van der Waals surface area contributed by atoms with Gasteiger partial charge in [0.05, 0.1) is 25.2 Å². The molecule has 2 heterocycles. The fraction of sp³-hybridized carbons (Fsp3) is 0.408. The predicted molar refractivity (Wildman–Crippen MR) is 287 cm³/mol. The minimum Gasteiger partial charge on any atom is -0.508 e. The molecule has 0 unspecified atom stereocenters. The Morgan fingerprint density at radius 1 is 0.600 bits per heavy atom. The van der Waals surface area contributed by atoms with Crippen molar-refractivity contribution in [2.45, 2.75) is 113 Å². The number of phenols is 1. The van der Waals surface area contributed by atoms with Gasteiger partial charge in [0.15, 0.2) is 0 Å². The van der Waals surface area contributed by atoms with E-state index in [0.29, 0.717) is 11.3 Å². The number of aromatic nitrogens is 3. The van der Waals surface area contributed by atoms with Crippen LogP contribution in [0, 0.1) is 0 Å². The van der Waals surface area contributed by atoms with Crippen LogP contribution < -0.4 is 70.8 Å². The second-order valence-electron chi connectivity index (χ2n) is 18.4. The molecule has 2 aromatic heterocycles. The zero-order chi connectivity index (χ0) is 59.2. The number of carbonyl (C=O) groups is 12. The first kappa shape index (κ1) is 63.3. The third kappa shape index (κ3) is 20.3. The molecule has 0 fully saturated rings. The van der Waals surface area contributed by atoms with E-state index in [4.69, 9.17) is 22.9 Å². The summed E-state index contributed by atoms with van der Waals surface area (Å²) >= 11 is 4.22. The Balaban J connectivity index is 1.51. The first-order valence-corrected chi connectivity index (χ1v) is 25.4. The molecule has 0 radical (unpaired) electrons.